The summed E-state index contributed by atoms with van der Waals surface area (Å²) in [7, 11) is 0. The van der Waals surface area contributed by atoms with E-state index in [1.54, 1.807) is 0 Å². The second kappa shape index (κ2) is 6.47. The van der Waals surface area contributed by atoms with Gasteiger partial charge in [0.1, 0.15) is 0 Å². The van der Waals surface area contributed by atoms with Gasteiger partial charge in [0.2, 0.25) is 0 Å². The molecule has 0 saturated heterocycles. The molecule has 0 radical (unpaired) electrons. The quantitative estimate of drug-likeness (QED) is 0.744. The Bertz CT molecular complexity index is 425. The Kier molecular flexibility index (Phi) is 5.16. The van der Waals surface area contributed by atoms with Crippen molar-refractivity contribution in [3.63, 3.8) is 0 Å². The lowest BCUT2D eigenvalue weighted by molar-refractivity contribution is 0.259. The van der Waals surface area contributed by atoms with Crippen LogP contribution in [0, 0.1) is 5.41 Å². The molecule has 0 amide bonds. The molecule has 1 atom stereocenters. The zero-order chi connectivity index (χ0) is 13.9. The molecule has 1 nitrogen and oxygen atoms in total. The number of hydrogen-bond donors (Lipinski definition) is 1. The fourth-order valence-electron chi connectivity index (χ4n) is 3.05. The molecule has 1 aromatic rings. The topological polar surface area (TPSA) is 12.0 Å². The third-order valence-corrected chi connectivity index (χ3v) is 5.38. The molecular formula is C16H23Cl2N. The van der Waals surface area contributed by atoms with Crippen molar-refractivity contribution >= 4 is 23.2 Å². The maximum absolute atomic E-state index is 6.08. The molecule has 0 aliphatic heterocycles. The van der Waals surface area contributed by atoms with Gasteiger partial charge in [0.05, 0.1) is 10.0 Å². The number of hydrogen-bond acceptors (Lipinski definition) is 1. The Labute approximate surface area is 126 Å². The van der Waals surface area contributed by atoms with E-state index in [1.165, 1.54) is 37.7 Å². The molecule has 1 aromatic carbocycles. The van der Waals surface area contributed by atoms with Gasteiger partial charge in [0.25, 0.3) is 0 Å². The second-order valence-corrected chi connectivity index (χ2v) is 6.65. The Balaban J connectivity index is 1.96. The summed E-state index contributed by atoms with van der Waals surface area (Å²) < 4.78 is 0. The van der Waals surface area contributed by atoms with Crippen LogP contribution in [0.2, 0.25) is 10.0 Å². The zero-order valence-electron chi connectivity index (χ0n) is 11.8. The Morgan fingerprint density at radius 2 is 1.89 bits per heavy atom. The van der Waals surface area contributed by atoms with Gasteiger partial charge in [-0.05, 0) is 49.3 Å². The van der Waals surface area contributed by atoms with Crippen LogP contribution >= 0.6 is 23.2 Å². The van der Waals surface area contributed by atoms with E-state index in [0.717, 1.165) is 6.54 Å². The fourth-order valence-corrected chi connectivity index (χ4v) is 3.36. The lowest BCUT2D eigenvalue weighted by Gasteiger charge is -2.30. The molecule has 1 N–H and O–H groups in total. The van der Waals surface area contributed by atoms with Crippen molar-refractivity contribution in [1.29, 1.82) is 0 Å². The zero-order valence-corrected chi connectivity index (χ0v) is 13.3. The maximum Gasteiger partial charge on any atom is 0.0595 e. The fraction of sp³-hybridized carbons (Fsp3) is 0.625. The molecule has 1 saturated carbocycles. The molecular weight excluding hydrogens is 277 g/mol. The molecule has 19 heavy (non-hydrogen) atoms. The van der Waals surface area contributed by atoms with Gasteiger partial charge in [-0.3, -0.25) is 0 Å². The molecule has 1 aliphatic rings. The number of benzene rings is 1. The van der Waals surface area contributed by atoms with Crippen LogP contribution in [0.4, 0.5) is 0 Å². The van der Waals surface area contributed by atoms with Crippen LogP contribution < -0.4 is 5.32 Å². The standard InChI is InChI=1S/C16H23Cl2N/c1-3-16(8-4-5-9-16)11-19-12(2)13-6-7-14(17)15(18)10-13/h6-7,10,12,19H,3-5,8-9,11H2,1-2H3. The number of rotatable bonds is 5. The molecule has 0 heterocycles. The van der Waals surface area contributed by atoms with Crippen LogP contribution in [-0.4, -0.2) is 6.54 Å². The van der Waals surface area contributed by atoms with Gasteiger partial charge >= 0.3 is 0 Å². The minimum Gasteiger partial charge on any atom is -0.310 e. The SMILES string of the molecule is CCC1(CNC(C)c2ccc(Cl)c(Cl)c2)CCCC1. The first-order valence-corrected chi connectivity index (χ1v) is 8.00. The van der Waals surface area contributed by atoms with E-state index in [2.05, 4.69) is 25.2 Å². The first kappa shape index (κ1) is 15.2. The van der Waals surface area contributed by atoms with Crippen LogP contribution in [0.1, 0.15) is 57.6 Å². The van der Waals surface area contributed by atoms with Crippen molar-refractivity contribution in [2.45, 2.75) is 52.0 Å². The van der Waals surface area contributed by atoms with Crippen molar-refractivity contribution in [3.8, 4) is 0 Å². The van der Waals surface area contributed by atoms with Gasteiger partial charge in [0.15, 0.2) is 0 Å². The van der Waals surface area contributed by atoms with Gasteiger partial charge in [-0.2, -0.15) is 0 Å². The number of nitrogens with one attached hydrogen (secondary N) is 1. The van der Waals surface area contributed by atoms with Crippen molar-refractivity contribution in [2.75, 3.05) is 6.54 Å². The first-order valence-electron chi connectivity index (χ1n) is 7.25. The molecule has 0 aromatic heterocycles. The van der Waals surface area contributed by atoms with E-state index in [9.17, 15) is 0 Å². The van der Waals surface area contributed by atoms with Gasteiger partial charge in [-0.25, -0.2) is 0 Å². The molecule has 106 valence electrons. The normalized spacial score (nSPS) is 19.6. The summed E-state index contributed by atoms with van der Waals surface area (Å²) in [6.45, 7) is 5.61. The van der Waals surface area contributed by atoms with Crippen LogP contribution in [0.15, 0.2) is 18.2 Å². The van der Waals surface area contributed by atoms with E-state index in [-0.39, 0.29) is 0 Å². The van der Waals surface area contributed by atoms with E-state index in [4.69, 9.17) is 23.2 Å². The largest absolute Gasteiger partial charge is 0.310 e. The lowest BCUT2D eigenvalue weighted by atomic mass is 9.83. The number of halogens is 2. The van der Waals surface area contributed by atoms with E-state index in [1.807, 2.05) is 12.1 Å². The minimum absolute atomic E-state index is 0.318. The van der Waals surface area contributed by atoms with Gasteiger partial charge < -0.3 is 5.32 Å². The van der Waals surface area contributed by atoms with Crippen molar-refractivity contribution < 1.29 is 0 Å². The monoisotopic (exact) mass is 299 g/mol. The highest BCUT2D eigenvalue weighted by Crippen LogP contribution is 2.40. The summed E-state index contributed by atoms with van der Waals surface area (Å²) in [5, 5.41) is 4.94. The summed E-state index contributed by atoms with van der Waals surface area (Å²) in [5.41, 5.74) is 1.73. The van der Waals surface area contributed by atoms with Gasteiger partial charge in [0, 0.05) is 12.6 Å². The predicted molar refractivity (Wildman–Crippen MR) is 84.1 cm³/mol. The molecule has 1 aliphatic carbocycles. The van der Waals surface area contributed by atoms with Crippen LogP contribution in [-0.2, 0) is 0 Å². The van der Waals surface area contributed by atoms with Crippen molar-refractivity contribution in [2.24, 2.45) is 5.41 Å². The maximum atomic E-state index is 6.08. The summed E-state index contributed by atoms with van der Waals surface area (Å²) in [5.74, 6) is 0. The lowest BCUT2D eigenvalue weighted by Crippen LogP contribution is -2.33. The highest BCUT2D eigenvalue weighted by atomic mass is 35.5. The Morgan fingerprint density at radius 1 is 1.21 bits per heavy atom. The molecule has 1 unspecified atom stereocenters. The van der Waals surface area contributed by atoms with E-state index in [0.29, 0.717) is 21.5 Å². The Hall–Kier alpha value is -0.240. The average molecular weight is 300 g/mol. The van der Waals surface area contributed by atoms with Crippen LogP contribution in [0.25, 0.3) is 0 Å². The van der Waals surface area contributed by atoms with E-state index < -0.39 is 0 Å². The highest BCUT2D eigenvalue weighted by Gasteiger charge is 2.31. The third-order valence-electron chi connectivity index (χ3n) is 4.64. The van der Waals surface area contributed by atoms with Crippen LogP contribution in [0.5, 0.6) is 0 Å². The Morgan fingerprint density at radius 3 is 2.47 bits per heavy atom. The molecule has 0 bridgehead atoms. The molecule has 3 heteroatoms. The van der Waals surface area contributed by atoms with E-state index >= 15 is 0 Å². The predicted octanol–water partition coefficient (Wildman–Crippen LogP) is 5.61. The summed E-state index contributed by atoms with van der Waals surface area (Å²) >= 11 is 12.0. The summed E-state index contributed by atoms with van der Waals surface area (Å²) in [4.78, 5) is 0. The summed E-state index contributed by atoms with van der Waals surface area (Å²) in [6.07, 6.45) is 6.77. The van der Waals surface area contributed by atoms with Gasteiger partial charge in [-0.1, -0.05) is 49.0 Å². The highest BCUT2D eigenvalue weighted by molar-refractivity contribution is 6.42. The van der Waals surface area contributed by atoms with Crippen molar-refractivity contribution in [3.05, 3.63) is 33.8 Å². The minimum atomic E-state index is 0.318. The molecule has 0 spiro atoms. The first-order chi connectivity index (χ1) is 9.06. The summed E-state index contributed by atoms with van der Waals surface area (Å²) in [6, 6.07) is 6.22. The second-order valence-electron chi connectivity index (χ2n) is 5.84. The molecule has 1 fully saturated rings. The third kappa shape index (κ3) is 3.65. The average Bonchev–Trinajstić information content (AvgIpc) is 2.89. The smallest absolute Gasteiger partial charge is 0.0595 e. The van der Waals surface area contributed by atoms with Gasteiger partial charge in [-0.15, -0.1) is 0 Å². The van der Waals surface area contributed by atoms with Crippen LogP contribution in [0.3, 0.4) is 0 Å². The molecule has 2 rings (SSSR count). The van der Waals surface area contributed by atoms with Crippen molar-refractivity contribution in [1.82, 2.24) is 5.32 Å².